The van der Waals surface area contributed by atoms with Crippen molar-refractivity contribution in [1.82, 2.24) is 9.55 Å². The van der Waals surface area contributed by atoms with Crippen LogP contribution >= 0.6 is 11.8 Å². The number of benzene rings is 1. The Morgan fingerprint density at radius 1 is 1.18 bits per heavy atom. The number of nitrogens with one attached hydrogen (secondary N) is 1. The lowest BCUT2D eigenvalue weighted by molar-refractivity contribution is -0.123. The highest BCUT2D eigenvalue weighted by atomic mass is 32.2. The Balaban J connectivity index is 2.00. The molecule has 0 aliphatic carbocycles. The molecule has 2 rings (SSSR count). The first kappa shape index (κ1) is 22.2. The number of aromatic nitrogens is 2. The molecule has 0 radical (unpaired) electrons. The first-order chi connectivity index (χ1) is 13.1. The van der Waals surface area contributed by atoms with Gasteiger partial charge in [-0.15, -0.1) is 0 Å². The van der Waals surface area contributed by atoms with Gasteiger partial charge in [0.25, 0.3) is 0 Å². The number of rotatable bonds is 8. The van der Waals surface area contributed by atoms with Crippen molar-refractivity contribution in [3.63, 3.8) is 0 Å². The molecule has 0 spiro atoms. The number of carbonyl (C=O) groups is 2. The van der Waals surface area contributed by atoms with Crippen LogP contribution in [0.15, 0.2) is 29.4 Å². The van der Waals surface area contributed by atoms with Gasteiger partial charge in [-0.25, -0.2) is 4.98 Å². The molecule has 1 aromatic carbocycles. The summed E-state index contributed by atoms with van der Waals surface area (Å²) >= 11 is 1.43. The highest BCUT2D eigenvalue weighted by molar-refractivity contribution is 7.99. The number of ketones is 1. The molecule has 28 heavy (non-hydrogen) atoms. The maximum absolute atomic E-state index is 12.6. The van der Waals surface area contributed by atoms with E-state index in [1.165, 1.54) is 11.8 Å². The molecule has 1 aromatic heterocycles. The molecule has 0 bridgehead atoms. The van der Waals surface area contributed by atoms with Gasteiger partial charge in [0.15, 0.2) is 10.9 Å². The number of carbonyl (C=O) groups excluding carboxylic acids is 2. The van der Waals surface area contributed by atoms with E-state index in [2.05, 4.69) is 14.9 Å². The number of ether oxygens (including phenoxy) is 1. The third-order valence-electron chi connectivity index (χ3n) is 4.42. The number of methoxy groups -OCH3 is 1. The summed E-state index contributed by atoms with van der Waals surface area (Å²) in [6, 6.07) is 7.01. The number of anilines is 1. The third kappa shape index (κ3) is 5.69. The van der Waals surface area contributed by atoms with Gasteiger partial charge in [-0.2, -0.15) is 0 Å². The SMILES string of the molecule is COCCn1c(SCC(=O)c2ccc(NC(=O)C(C)(C)C)cc2)nc(C)c1C. The Bertz CT molecular complexity index is 836. The number of imidazole rings is 1. The smallest absolute Gasteiger partial charge is 0.229 e. The van der Waals surface area contributed by atoms with Crippen LogP contribution in [0.1, 0.15) is 42.5 Å². The van der Waals surface area contributed by atoms with Crippen LogP contribution in [0.2, 0.25) is 0 Å². The van der Waals surface area contributed by atoms with Crippen LogP contribution in [-0.4, -0.2) is 40.7 Å². The molecule has 6 nitrogen and oxygen atoms in total. The van der Waals surface area contributed by atoms with Gasteiger partial charge < -0.3 is 14.6 Å². The lowest BCUT2D eigenvalue weighted by Gasteiger charge is -2.17. The topological polar surface area (TPSA) is 73.2 Å². The molecule has 0 saturated carbocycles. The number of nitrogens with zero attached hydrogens (tertiary/aromatic N) is 2. The van der Waals surface area contributed by atoms with Crippen molar-refractivity contribution in [3.8, 4) is 0 Å². The summed E-state index contributed by atoms with van der Waals surface area (Å²) in [7, 11) is 1.67. The molecular formula is C21H29N3O3S. The summed E-state index contributed by atoms with van der Waals surface area (Å²) < 4.78 is 7.25. The first-order valence-electron chi connectivity index (χ1n) is 9.23. The van der Waals surface area contributed by atoms with Gasteiger partial charge >= 0.3 is 0 Å². The average Bonchev–Trinajstić information content (AvgIpc) is 2.91. The van der Waals surface area contributed by atoms with Crippen molar-refractivity contribution in [3.05, 3.63) is 41.2 Å². The lowest BCUT2D eigenvalue weighted by Crippen LogP contribution is -2.27. The Morgan fingerprint density at radius 2 is 1.82 bits per heavy atom. The van der Waals surface area contributed by atoms with E-state index >= 15 is 0 Å². The molecule has 7 heteroatoms. The van der Waals surface area contributed by atoms with Crippen LogP contribution in [-0.2, 0) is 16.1 Å². The molecule has 0 aliphatic rings. The van der Waals surface area contributed by atoms with Crippen LogP contribution in [0.5, 0.6) is 0 Å². The Morgan fingerprint density at radius 3 is 2.39 bits per heavy atom. The third-order valence-corrected chi connectivity index (χ3v) is 5.40. The number of thioether (sulfide) groups is 1. The van der Waals surface area contributed by atoms with Gasteiger partial charge in [0, 0.05) is 36.0 Å². The van der Waals surface area contributed by atoms with E-state index in [0.717, 1.165) is 16.5 Å². The molecule has 0 unspecified atom stereocenters. The van der Waals surface area contributed by atoms with Gasteiger partial charge in [0.05, 0.1) is 18.1 Å². The van der Waals surface area contributed by atoms with Crippen molar-refractivity contribution in [2.45, 2.75) is 46.3 Å². The summed E-state index contributed by atoms with van der Waals surface area (Å²) in [6.07, 6.45) is 0. The molecule has 152 valence electrons. The van der Waals surface area contributed by atoms with Gasteiger partial charge in [-0.3, -0.25) is 9.59 Å². The molecule has 0 saturated heterocycles. The fourth-order valence-electron chi connectivity index (χ4n) is 2.45. The quantitative estimate of drug-likeness (QED) is 0.530. The minimum absolute atomic E-state index is 0.0234. The van der Waals surface area contributed by atoms with Crippen molar-refractivity contribution in [1.29, 1.82) is 0 Å². The molecule has 0 atom stereocenters. The summed E-state index contributed by atoms with van der Waals surface area (Å²) in [6.45, 7) is 10.9. The Kier molecular flexibility index (Phi) is 7.43. The van der Waals surface area contributed by atoms with Crippen LogP contribution < -0.4 is 5.32 Å². The monoisotopic (exact) mass is 403 g/mol. The van der Waals surface area contributed by atoms with Crippen molar-refractivity contribution in [2.24, 2.45) is 5.41 Å². The van der Waals surface area contributed by atoms with E-state index < -0.39 is 5.41 Å². The number of amides is 1. The lowest BCUT2D eigenvalue weighted by atomic mass is 9.95. The largest absolute Gasteiger partial charge is 0.383 e. The zero-order valence-electron chi connectivity index (χ0n) is 17.5. The molecule has 2 aromatic rings. The van der Waals surface area contributed by atoms with Crippen LogP contribution in [0.4, 0.5) is 5.69 Å². The molecule has 0 fully saturated rings. The van der Waals surface area contributed by atoms with Crippen LogP contribution in [0, 0.1) is 19.3 Å². The van der Waals surface area contributed by atoms with Crippen LogP contribution in [0.3, 0.4) is 0 Å². The molecule has 1 amide bonds. The predicted molar refractivity (Wildman–Crippen MR) is 113 cm³/mol. The Hall–Kier alpha value is -2.12. The van der Waals surface area contributed by atoms with Crippen molar-refractivity contribution >= 4 is 29.1 Å². The highest BCUT2D eigenvalue weighted by Gasteiger charge is 2.21. The van der Waals surface area contributed by atoms with Crippen molar-refractivity contribution in [2.75, 3.05) is 24.8 Å². The van der Waals surface area contributed by atoms with E-state index in [0.29, 0.717) is 30.2 Å². The second kappa shape index (κ2) is 9.39. The standard InChI is InChI=1S/C21H29N3O3S/c1-14-15(2)24(11-12-27-6)20(22-14)28-13-18(25)16-7-9-17(10-8-16)23-19(26)21(3,4)5/h7-10H,11-13H2,1-6H3,(H,23,26). The molecule has 1 N–H and O–H groups in total. The summed E-state index contributed by atoms with van der Waals surface area (Å²) in [5.41, 5.74) is 2.89. The highest BCUT2D eigenvalue weighted by Crippen LogP contribution is 2.23. The van der Waals surface area contributed by atoms with Gasteiger partial charge in [-0.1, -0.05) is 32.5 Å². The summed E-state index contributed by atoms with van der Waals surface area (Å²) in [5.74, 6) is 0.266. The van der Waals surface area contributed by atoms with E-state index in [9.17, 15) is 9.59 Å². The van der Waals surface area contributed by atoms with E-state index in [-0.39, 0.29) is 11.7 Å². The number of hydrogen-bond donors (Lipinski definition) is 1. The van der Waals surface area contributed by atoms with E-state index in [4.69, 9.17) is 4.74 Å². The number of aryl methyl sites for hydroxylation is 1. The second-order valence-corrected chi connectivity index (χ2v) is 8.65. The van der Waals surface area contributed by atoms with E-state index in [1.807, 2.05) is 34.6 Å². The van der Waals surface area contributed by atoms with E-state index in [1.54, 1.807) is 31.4 Å². The van der Waals surface area contributed by atoms with Gasteiger partial charge in [0.1, 0.15) is 0 Å². The fourth-order valence-corrected chi connectivity index (χ4v) is 3.46. The Labute approximate surface area is 171 Å². The van der Waals surface area contributed by atoms with Gasteiger partial charge in [-0.05, 0) is 38.1 Å². The maximum Gasteiger partial charge on any atom is 0.229 e. The predicted octanol–water partition coefficient (Wildman–Crippen LogP) is 4.11. The normalized spacial score (nSPS) is 11.5. The van der Waals surface area contributed by atoms with Crippen LogP contribution in [0.25, 0.3) is 0 Å². The molecular weight excluding hydrogens is 374 g/mol. The molecule has 0 aliphatic heterocycles. The number of Topliss-reactive ketones (excluding diaryl/α,β-unsaturated/α-hetero) is 1. The fraction of sp³-hybridized carbons (Fsp3) is 0.476. The molecule has 1 heterocycles. The van der Waals surface area contributed by atoms with Crippen molar-refractivity contribution < 1.29 is 14.3 Å². The zero-order valence-corrected chi connectivity index (χ0v) is 18.3. The first-order valence-corrected chi connectivity index (χ1v) is 10.2. The minimum atomic E-state index is -0.466. The summed E-state index contributed by atoms with van der Waals surface area (Å²) in [4.78, 5) is 29.2. The summed E-state index contributed by atoms with van der Waals surface area (Å²) in [5, 5.41) is 3.69. The maximum atomic E-state index is 12.6. The zero-order chi connectivity index (χ0) is 20.9. The second-order valence-electron chi connectivity index (χ2n) is 7.70. The number of hydrogen-bond acceptors (Lipinski definition) is 5. The van der Waals surface area contributed by atoms with Gasteiger partial charge in [0.2, 0.25) is 5.91 Å². The average molecular weight is 404 g/mol. The minimum Gasteiger partial charge on any atom is -0.383 e.